The van der Waals surface area contributed by atoms with E-state index in [4.69, 9.17) is 27.1 Å². The normalized spacial score (nSPS) is 17.6. The molecule has 268 valence electrons. The highest BCUT2D eigenvalue weighted by Crippen LogP contribution is 2.39. The number of nitrogens with zero attached hydrogens (tertiary/aromatic N) is 6. The van der Waals surface area contributed by atoms with Crippen molar-refractivity contribution in [2.45, 2.75) is 70.8 Å². The predicted molar refractivity (Wildman–Crippen MR) is 198 cm³/mol. The Balaban J connectivity index is 1.37. The third-order valence-electron chi connectivity index (χ3n) is 9.28. The first kappa shape index (κ1) is 36.5. The van der Waals surface area contributed by atoms with Crippen molar-refractivity contribution in [3.63, 3.8) is 0 Å². The maximum Gasteiger partial charge on any atom is 0.411 e. The summed E-state index contributed by atoms with van der Waals surface area (Å²) in [6.07, 6.45) is 8.86. The second-order valence-corrected chi connectivity index (χ2v) is 15.5. The lowest BCUT2D eigenvalue weighted by molar-refractivity contribution is -0.140. The van der Waals surface area contributed by atoms with Crippen molar-refractivity contribution in [3.05, 3.63) is 116 Å². The van der Waals surface area contributed by atoms with Crippen LogP contribution in [0.1, 0.15) is 71.5 Å². The summed E-state index contributed by atoms with van der Waals surface area (Å²) in [7, 11) is 0. The molecular formula is C38H43BrClN7O4. The van der Waals surface area contributed by atoms with Gasteiger partial charge in [-0.2, -0.15) is 0 Å². The Bertz CT molecular complexity index is 1840. The average molecular weight is 777 g/mol. The molecule has 1 fully saturated rings. The number of fused-ring (bicyclic) bond motifs is 2. The molecule has 11 nitrogen and oxygen atoms in total. The number of aryl methyl sites for hydroxylation is 3. The molecule has 51 heavy (non-hydrogen) atoms. The number of hydrogen-bond donors (Lipinski definition) is 1. The number of imidazole rings is 1. The van der Waals surface area contributed by atoms with Crippen LogP contribution in [0.2, 0.25) is 5.02 Å². The fourth-order valence-electron chi connectivity index (χ4n) is 6.96. The van der Waals surface area contributed by atoms with E-state index in [1.807, 2.05) is 55.9 Å². The predicted octanol–water partition coefficient (Wildman–Crippen LogP) is 6.02. The molecule has 3 heterocycles. The van der Waals surface area contributed by atoms with E-state index in [0.717, 1.165) is 45.3 Å². The summed E-state index contributed by atoms with van der Waals surface area (Å²) in [4.78, 5) is 55.5. The van der Waals surface area contributed by atoms with Gasteiger partial charge in [0.2, 0.25) is 11.8 Å². The maximum atomic E-state index is 15.0. The molecule has 2 aromatic heterocycles. The molecule has 2 aromatic carbocycles. The van der Waals surface area contributed by atoms with E-state index in [1.54, 1.807) is 40.5 Å². The number of nitrogens with two attached hydrogens (primary N) is 1. The Morgan fingerprint density at radius 3 is 2.63 bits per heavy atom. The number of aromatic nitrogens is 3. The summed E-state index contributed by atoms with van der Waals surface area (Å²) in [5.41, 5.74) is 10.2. The zero-order valence-electron chi connectivity index (χ0n) is 29.1. The molecule has 0 spiro atoms. The molecule has 1 aliphatic carbocycles. The molecule has 2 aliphatic rings. The van der Waals surface area contributed by atoms with E-state index in [-0.39, 0.29) is 31.6 Å². The second-order valence-electron chi connectivity index (χ2n) is 14.1. The van der Waals surface area contributed by atoms with Gasteiger partial charge in [0.15, 0.2) is 0 Å². The summed E-state index contributed by atoms with van der Waals surface area (Å²) >= 11 is 10.1. The van der Waals surface area contributed by atoms with Crippen LogP contribution < -0.4 is 5.73 Å². The third-order valence-corrected chi connectivity index (χ3v) is 9.95. The standard InChI is InChI=1S/C38H43BrClN7O4/c1-38(2,3)51-37(50)47-17-16-45(34-31-11-10-30(40)20-26(31)8-9-27-19-29(39)21-43-33(27)34)23-32(47)36(49)46(14-5-13-44-15-12-42-24-44)22-25-6-4-7-28(18-25)35(41)48/h4,6-7,10-12,15,18-21,24,32,34H,5,8-9,13-14,16-17,22-23H2,1-3H3,(H2,41,48)/t32-,34?/m1/s1. The Kier molecular flexibility index (Phi) is 11.1. The van der Waals surface area contributed by atoms with Crippen LogP contribution in [0.25, 0.3) is 0 Å². The number of halogens is 2. The van der Waals surface area contributed by atoms with E-state index >= 15 is 0 Å². The van der Waals surface area contributed by atoms with Gasteiger partial charge in [-0.05, 0) is 109 Å². The van der Waals surface area contributed by atoms with Gasteiger partial charge < -0.3 is 19.9 Å². The van der Waals surface area contributed by atoms with Crippen LogP contribution in [0, 0.1) is 0 Å². The lowest BCUT2D eigenvalue weighted by Crippen LogP contribution is -2.62. The number of primary amides is 1. The molecule has 3 amide bonds. The van der Waals surface area contributed by atoms with Gasteiger partial charge in [0, 0.05) is 72.9 Å². The molecular weight excluding hydrogens is 734 g/mol. The van der Waals surface area contributed by atoms with Gasteiger partial charge >= 0.3 is 6.09 Å². The second kappa shape index (κ2) is 15.5. The summed E-state index contributed by atoms with van der Waals surface area (Å²) in [6, 6.07) is 14.0. The molecule has 2 atom stereocenters. The smallest absolute Gasteiger partial charge is 0.411 e. The number of rotatable bonds is 9. The Labute approximate surface area is 311 Å². The van der Waals surface area contributed by atoms with Gasteiger partial charge in [0.25, 0.3) is 0 Å². The first-order chi connectivity index (χ1) is 24.4. The van der Waals surface area contributed by atoms with Crippen molar-refractivity contribution in [2.24, 2.45) is 5.73 Å². The van der Waals surface area contributed by atoms with E-state index in [1.165, 1.54) is 0 Å². The molecule has 0 bridgehead atoms. The van der Waals surface area contributed by atoms with Crippen molar-refractivity contribution in [2.75, 3.05) is 26.2 Å². The first-order valence-electron chi connectivity index (χ1n) is 17.2. The van der Waals surface area contributed by atoms with Crippen LogP contribution in [0.4, 0.5) is 4.79 Å². The van der Waals surface area contributed by atoms with E-state index in [0.29, 0.717) is 36.6 Å². The zero-order valence-corrected chi connectivity index (χ0v) is 31.4. The monoisotopic (exact) mass is 775 g/mol. The van der Waals surface area contributed by atoms with Crippen LogP contribution in [0.15, 0.2) is 77.9 Å². The number of ether oxygens (including phenoxy) is 1. The number of benzene rings is 2. The van der Waals surface area contributed by atoms with Gasteiger partial charge in [-0.1, -0.05) is 29.8 Å². The van der Waals surface area contributed by atoms with Gasteiger partial charge in [0.1, 0.15) is 11.6 Å². The highest BCUT2D eigenvalue weighted by molar-refractivity contribution is 9.10. The van der Waals surface area contributed by atoms with E-state index < -0.39 is 23.6 Å². The van der Waals surface area contributed by atoms with Crippen LogP contribution in [0.5, 0.6) is 0 Å². The number of carbonyl (C=O) groups excluding carboxylic acids is 3. The Hall–Kier alpha value is -4.26. The molecule has 0 radical (unpaired) electrons. The van der Waals surface area contributed by atoms with Crippen LogP contribution in [-0.4, -0.2) is 85.0 Å². The van der Waals surface area contributed by atoms with Gasteiger partial charge in [-0.3, -0.25) is 24.4 Å². The highest BCUT2D eigenvalue weighted by atomic mass is 79.9. The molecule has 6 rings (SSSR count). The fourth-order valence-corrected chi connectivity index (χ4v) is 7.53. The number of piperazine rings is 1. The maximum absolute atomic E-state index is 15.0. The lowest BCUT2D eigenvalue weighted by atomic mass is 9.95. The Morgan fingerprint density at radius 2 is 1.88 bits per heavy atom. The largest absolute Gasteiger partial charge is 0.444 e. The summed E-state index contributed by atoms with van der Waals surface area (Å²) in [6.45, 7) is 7.76. The molecule has 13 heteroatoms. The minimum atomic E-state index is -0.862. The molecule has 1 unspecified atom stereocenters. The molecule has 1 saturated heterocycles. The van der Waals surface area contributed by atoms with Crippen LogP contribution in [0.3, 0.4) is 0 Å². The first-order valence-corrected chi connectivity index (χ1v) is 18.3. The quantitative estimate of drug-likeness (QED) is 0.220. The van der Waals surface area contributed by atoms with Crippen molar-refractivity contribution < 1.29 is 19.1 Å². The Morgan fingerprint density at radius 1 is 1.08 bits per heavy atom. The van der Waals surface area contributed by atoms with Gasteiger partial charge in [-0.25, -0.2) is 9.78 Å². The van der Waals surface area contributed by atoms with Crippen LogP contribution in [-0.2, 0) is 35.5 Å². The summed E-state index contributed by atoms with van der Waals surface area (Å²) < 4.78 is 8.74. The van der Waals surface area contributed by atoms with Crippen molar-refractivity contribution >= 4 is 45.4 Å². The number of hydrogen-bond acceptors (Lipinski definition) is 7. The highest BCUT2D eigenvalue weighted by Gasteiger charge is 2.43. The van der Waals surface area contributed by atoms with E-state index in [9.17, 15) is 14.4 Å². The lowest BCUT2D eigenvalue weighted by Gasteiger charge is -2.45. The van der Waals surface area contributed by atoms with Gasteiger partial charge in [-0.15, -0.1) is 0 Å². The summed E-state index contributed by atoms with van der Waals surface area (Å²) in [5.74, 6) is -0.755. The van der Waals surface area contributed by atoms with Crippen LogP contribution >= 0.6 is 27.5 Å². The SMILES string of the molecule is CC(C)(C)OC(=O)N1CCN(C2c3ccc(Cl)cc3CCc3cc(Br)cnc32)C[C@@H]1C(=O)N(CCCn1ccnc1)Cc1cccc(C(N)=O)c1. The number of amides is 3. The average Bonchev–Trinajstić information content (AvgIpc) is 3.55. The van der Waals surface area contributed by atoms with Gasteiger partial charge in [0.05, 0.1) is 18.1 Å². The minimum absolute atomic E-state index is 0.213. The summed E-state index contributed by atoms with van der Waals surface area (Å²) in [5, 5.41) is 0.669. The number of carbonyl (C=O) groups is 3. The number of pyridine rings is 1. The van der Waals surface area contributed by atoms with Crippen molar-refractivity contribution in [1.29, 1.82) is 0 Å². The topological polar surface area (TPSA) is 127 Å². The zero-order chi connectivity index (χ0) is 36.3. The molecule has 2 N–H and O–H groups in total. The van der Waals surface area contributed by atoms with Crippen molar-refractivity contribution in [1.82, 2.24) is 29.2 Å². The molecule has 4 aromatic rings. The molecule has 0 saturated carbocycles. The van der Waals surface area contributed by atoms with E-state index in [2.05, 4.69) is 37.9 Å². The van der Waals surface area contributed by atoms with Crippen molar-refractivity contribution in [3.8, 4) is 0 Å². The molecule has 1 aliphatic heterocycles. The minimum Gasteiger partial charge on any atom is -0.444 e. The third kappa shape index (κ3) is 8.80. The fraction of sp³-hybridized carbons (Fsp3) is 0.395.